The second-order valence-electron chi connectivity index (χ2n) is 9.12. The number of aryl methyl sites for hydroxylation is 1. The van der Waals surface area contributed by atoms with E-state index in [9.17, 15) is 4.79 Å². The van der Waals surface area contributed by atoms with Crippen LogP contribution in [-0.4, -0.2) is 27.9 Å². The Kier molecular flexibility index (Phi) is 4.53. The van der Waals surface area contributed by atoms with E-state index in [0.29, 0.717) is 22.3 Å². The average molecular weight is 402 g/mol. The minimum absolute atomic E-state index is 0.0486. The van der Waals surface area contributed by atoms with Gasteiger partial charge in [0.2, 0.25) is 5.91 Å². The number of furan rings is 1. The van der Waals surface area contributed by atoms with Crippen LogP contribution in [-0.2, 0) is 4.79 Å². The molecule has 0 unspecified atom stereocenters. The summed E-state index contributed by atoms with van der Waals surface area (Å²) in [6.07, 6.45) is 9.75. The Morgan fingerprint density at radius 1 is 1.25 bits per heavy atom. The quantitative estimate of drug-likeness (QED) is 0.720. The first kappa shape index (κ1) is 18.3. The molecule has 2 aromatic rings. The van der Waals surface area contributed by atoms with Crippen LogP contribution in [0.3, 0.4) is 0 Å². The van der Waals surface area contributed by atoms with Gasteiger partial charge >= 0.3 is 0 Å². The zero-order valence-corrected chi connectivity index (χ0v) is 17.3. The highest BCUT2D eigenvalue weighted by Crippen LogP contribution is 2.61. The number of nitrogens with zero attached hydrogens (tertiary/aromatic N) is 2. The maximum Gasteiger partial charge on any atom is 0.277 e. The van der Waals surface area contributed by atoms with Gasteiger partial charge < -0.3 is 14.2 Å². The van der Waals surface area contributed by atoms with Crippen molar-refractivity contribution >= 4 is 17.7 Å². The third-order valence-corrected chi connectivity index (χ3v) is 8.02. The molecule has 4 saturated carbocycles. The molecular weight excluding hydrogens is 374 g/mol. The minimum Gasteiger partial charge on any atom is -0.469 e. The fourth-order valence-electron chi connectivity index (χ4n) is 6.26. The van der Waals surface area contributed by atoms with Crippen LogP contribution < -0.4 is 5.32 Å². The van der Waals surface area contributed by atoms with E-state index in [2.05, 4.69) is 22.4 Å². The Labute approximate surface area is 169 Å². The van der Waals surface area contributed by atoms with Crippen molar-refractivity contribution in [3.8, 4) is 11.5 Å². The van der Waals surface area contributed by atoms with E-state index in [-0.39, 0.29) is 11.9 Å². The van der Waals surface area contributed by atoms with Crippen molar-refractivity contribution in [3.63, 3.8) is 0 Å². The van der Waals surface area contributed by atoms with E-state index >= 15 is 0 Å². The van der Waals surface area contributed by atoms with Gasteiger partial charge in [0.25, 0.3) is 11.1 Å². The number of aromatic nitrogens is 2. The summed E-state index contributed by atoms with van der Waals surface area (Å²) in [4.78, 5) is 12.6. The number of rotatable bonds is 6. The number of hydrogen-bond donors (Lipinski definition) is 1. The summed E-state index contributed by atoms with van der Waals surface area (Å²) in [5.41, 5.74) is 1.12. The van der Waals surface area contributed by atoms with Crippen molar-refractivity contribution in [2.45, 2.75) is 63.6 Å². The highest BCUT2D eigenvalue weighted by molar-refractivity contribution is 7.99. The normalized spacial score (nSPS) is 31.9. The SMILES string of the molecule is Cc1occc1-c1nnc(SCC(=O)N[C@@H](C)C23CC4CC(CC(C4)C2)C3)o1. The topological polar surface area (TPSA) is 81.2 Å². The predicted molar refractivity (Wildman–Crippen MR) is 106 cm³/mol. The second-order valence-corrected chi connectivity index (χ2v) is 10.0. The largest absolute Gasteiger partial charge is 0.469 e. The summed E-state index contributed by atoms with van der Waals surface area (Å²) >= 11 is 1.29. The van der Waals surface area contributed by atoms with Crippen LogP contribution in [0.15, 0.2) is 26.4 Å². The standard InChI is InChI=1S/C21H27N3O3S/c1-12-17(3-4-26-12)19-23-24-20(27-19)28-11-18(25)22-13(2)21-8-14-5-15(9-21)7-16(6-14)10-21/h3-4,13-16H,5-11H2,1-2H3,(H,22,25)/t13-,14?,15?,16?,21?/m0/s1. The molecule has 4 aliphatic carbocycles. The molecule has 4 aliphatic rings. The van der Waals surface area contributed by atoms with Crippen molar-refractivity contribution in [2.24, 2.45) is 23.2 Å². The van der Waals surface area contributed by atoms with Gasteiger partial charge in [0, 0.05) is 6.04 Å². The summed E-state index contributed by atoms with van der Waals surface area (Å²) in [6, 6.07) is 2.04. The van der Waals surface area contributed by atoms with Gasteiger partial charge in [-0.05, 0) is 81.6 Å². The molecule has 0 aliphatic heterocycles. The Morgan fingerprint density at radius 2 is 1.93 bits per heavy atom. The summed E-state index contributed by atoms with van der Waals surface area (Å²) in [6.45, 7) is 4.06. The van der Waals surface area contributed by atoms with E-state index in [1.54, 1.807) is 12.3 Å². The highest BCUT2D eigenvalue weighted by atomic mass is 32.2. The predicted octanol–water partition coefficient (Wildman–Crippen LogP) is 4.45. The molecule has 150 valence electrons. The lowest BCUT2D eigenvalue weighted by Crippen LogP contribution is -2.56. The molecule has 2 heterocycles. The highest BCUT2D eigenvalue weighted by Gasteiger charge is 2.53. The maximum atomic E-state index is 12.6. The van der Waals surface area contributed by atoms with Crippen LogP contribution in [0.25, 0.3) is 11.5 Å². The lowest BCUT2D eigenvalue weighted by atomic mass is 9.48. The molecule has 0 radical (unpaired) electrons. The molecule has 1 amide bonds. The van der Waals surface area contributed by atoms with Gasteiger partial charge in [-0.15, -0.1) is 10.2 Å². The Balaban J connectivity index is 1.17. The summed E-state index contributed by atoms with van der Waals surface area (Å²) in [7, 11) is 0. The van der Waals surface area contributed by atoms with E-state index in [1.807, 2.05) is 6.92 Å². The van der Waals surface area contributed by atoms with Gasteiger partial charge in [-0.1, -0.05) is 11.8 Å². The summed E-state index contributed by atoms with van der Waals surface area (Å²) < 4.78 is 10.9. The van der Waals surface area contributed by atoms with Crippen LogP contribution >= 0.6 is 11.8 Å². The number of hydrogen-bond acceptors (Lipinski definition) is 6. The van der Waals surface area contributed by atoms with Crippen molar-refractivity contribution in [2.75, 3.05) is 5.75 Å². The molecule has 6 rings (SSSR count). The Bertz CT molecular complexity index is 839. The second kappa shape index (κ2) is 6.94. The van der Waals surface area contributed by atoms with Gasteiger partial charge in [0.05, 0.1) is 17.6 Å². The van der Waals surface area contributed by atoms with Crippen molar-refractivity contribution in [1.29, 1.82) is 0 Å². The fraction of sp³-hybridized carbons (Fsp3) is 0.667. The van der Waals surface area contributed by atoms with Crippen molar-refractivity contribution < 1.29 is 13.6 Å². The minimum atomic E-state index is 0.0486. The molecule has 6 nitrogen and oxygen atoms in total. The summed E-state index contributed by atoms with van der Waals surface area (Å²) in [5, 5.41) is 11.8. The number of amides is 1. The lowest BCUT2D eigenvalue weighted by molar-refractivity contribution is -0.123. The first-order chi connectivity index (χ1) is 13.5. The fourth-order valence-corrected chi connectivity index (χ4v) is 6.83. The lowest BCUT2D eigenvalue weighted by Gasteiger charge is -2.59. The number of nitrogens with one attached hydrogen (secondary N) is 1. The third kappa shape index (κ3) is 3.27. The van der Waals surface area contributed by atoms with Crippen LogP contribution in [0.2, 0.25) is 0 Å². The Morgan fingerprint density at radius 3 is 2.54 bits per heavy atom. The molecule has 1 N–H and O–H groups in total. The number of carbonyl (C=O) groups excluding carboxylic acids is 1. The van der Waals surface area contributed by atoms with E-state index < -0.39 is 0 Å². The smallest absolute Gasteiger partial charge is 0.277 e. The maximum absolute atomic E-state index is 12.6. The van der Waals surface area contributed by atoms with E-state index in [1.165, 1.54) is 50.3 Å². The molecule has 4 bridgehead atoms. The van der Waals surface area contributed by atoms with Gasteiger partial charge in [-0.25, -0.2) is 0 Å². The first-order valence-electron chi connectivity index (χ1n) is 10.3. The van der Waals surface area contributed by atoms with Crippen molar-refractivity contribution in [3.05, 3.63) is 18.1 Å². The zero-order chi connectivity index (χ0) is 19.3. The Hall–Kier alpha value is -1.76. The van der Waals surface area contributed by atoms with Gasteiger partial charge in [0.15, 0.2) is 0 Å². The first-order valence-corrected chi connectivity index (χ1v) is 11.3. The van der Waals surface area contributed by atoms with Crippen LogP contribution in [0, 0.1) is 30.1 Å². The van der Waals surface area contributed by atoms with Crippen LogP contribution in [0.5, 0.6) is 0 Å². The average Bonchev–Trinajstić information content (AvgIpc) is 3.27. The zero-order valence-electron chi connectivity index (χ0n) is 16.4. The molecule has 0 spiro atoms. The molecule has 7 heteroatoms. The monoisotopic (exact) mass is 401 g/mol. The van der Waals surface area contributed by atoms with Gasteiger partial charge in [-0.2, -0.15) is 0 Å². The number of carbonyl (C=O) groups is 1. The number of thioether (sulfide) groups is 1. The summed E-state index contributed by atoms with van der Waals surface area (Å²) in [5.74, 6) is 4.18. The molecule has 4 fully saturated rings. The molecular formula is C21H27N3O3S. The van der Waals surface area contributed by atoms with Crippen LogP contribution in [0.4, 0.5) is 0 Å². The van der Waals surface area contributed by atoms with Gasteiger partial charge in [-0.3, -0.25) is 4.79 Å². The third-order valence-electron chi connectivity index (χ3n) is 7.20. The molecule has 28 heavy (non-hydrogen) atoms. The van der Waals surface area contributed by atoms with Crippen molar-refractivity contribution in [1.82, 2.24) is 15.5 Å². The molecule has 2 aromatic heterocycles. The molecule has 0 aromatic carbocycles. The van der Waals surface area contributed by atoms with Crippen LogP contribution in [0.1, 0.15) is 51.2 Å². The van der Waals surface area contributed by atoms with E-state index in [4.69, 9.17) is 8.83 Å². The molecule has 0 saturated heterocycles. The molecule has 1 atom stereocenters. The van der Waals surface area contributed by atoms with Gasteiger partial charge in [0.1, 0.15) is 5.76 Å². The van der Waals surface area contributed by atoms with E-state index in [0.717, 1.165) is 29.1 Å².